The maximum Gasteiger partial charge on any atom is 0.449 e. The fraction of sp³-hybridized carbons (Fsp3) is 0.333. The smallest absolute Gasteiger partial charge is 0.395 e. The first-order chi connectivity index (χ1) is 13.9. The number of nitrogens with zero attached hydrogens (tertiary/aromatic N) is 1. The zero-order chi connectivity index (χ0) is 21.1. The van der Waals surface area contributed by atoms with Crippen LogP contribution in [-0.2, 0) is 14.6 Å². The van der Waals surface area contributed by atoms with Crippen LogP contribution in [0, 0.1) is 0 Å². The summed E-state index contributed by atoms with van der Waals surface area (Å²) in [5, 5.41) is 19.0. The Morgan fingerprint density at radius 3 is 2.45 bits per heavy atom. The Bertz CT molecular complexity index is 852. The van der Waals surface area contributed by atoms with Crippen molar-refractivity contribution in [3.05, 3.63) is 66.2 Å². The van der Waals surface area contributed by atoms with E-state index in [9.17, 15) is 13.5 Å². The summed E-state index contributed by atoms with van der Waals surface area (Å²) in [6.07, 6.45) is 3.45. The Kier molecular flexibility index (Phi) is 9.14. The van der Waals surface area contributed by atoms with Gasteiger partial charge >= 0.3 is 10.4 Å². The fourth-order valence-corrected chi connectivity index (χ4v) is 3.23. The van der Waals surface area contributed by atoms with Crippen molar-refractivity contribution in [2.45, 2.75) is 18.9 Å². The number of para-hydroxylation sites is 1. The van der Waals surface area contributed by atoms with E-state index in [-0.39, 0.29) is 19.0 Å². The highest BCUT2D eigenvalue weighted by molar-refractivity contribution is 7.82. The van der Waals surface area contributed by atoms with Gasteiger partial charge in [0.25, 0.3) is 0 Å². The molecule has 0 aliphatic heterocycles. The molecular formula is C21H27NO6S. The van der Waals surface area contributed by atoms with E-state index in [4.69, 9.17) is 13.5 Å². The SMILES string of the molecule is CN(CCO)c1ccc(/C=C/C(O)CCCOS(=O)(=O)Oc2ccccc2)cc1. The van der Waals surface area contributed by atoms with Crippen LogP contribution in [0.15, 0.2) is 60.7 Å². The molecule has 8 heteroatoms. The van der Waals surface area contributed by atoms with Crippen molar-refractivity contribution in [2.24, 2.45) is 0 Å². The molecule has 0 spiro atoms. The molecule has 2 aromatic carbocycles. The average molecular weight is 422 g/mol. The van der Waals surface area contributed by atoms with Crippen LogP contribution < -0.4 is 9.08 Å². The van der Waals surface area contributed by atoms with Crippen molar-refractivity contribution in [3.63, 3.8) is 0 Å². The molecule has 0 saturated carbocycles. The van der Waals surface area contributed by atoms with Crippen LogP contribution in [-0.4, -0.2) is 51.5 Å². The maximum absolute atomic E-state index is 11.7. The van der Waals surface area contributed by atoms with E-state index in [1.165, 1.54) is 12.1 Å². The summed E-state index contributed by atoms with van der Waals surface area (Å²) in [5.41, 5.74) is 1.92. The Hall–Kier alpha value is -2.39. The maximum atomic E-state index is 11.7. The van der Waals surface area contributed by atoms with Gasteiger partial charge in [-0.25, -0.2) is 4.18 Å². The first-order valence-corrected chi connectivity index (χ1v) is 10.6. The number of aliphatic hydroxyl groups excluding tert-OH is 2. The molecule has 158 valence electrons. The molecule has 2 aromatic rings. The van der Waals surface area contributed by atoms with Gasteiger partial charge in [-0.05, 0) is 42.7 Å². The topological polar surface area (TPSA) is 96.3 Å². The standard InChI is InChI=1S/C21H27NO6S/c1-22(15-16-23)19-12-9-18(10-13-19)11-14-20(24)6-5-17-27-29(25,26)28-21-7-3-2-4-8-21/h2-4,7-14,20,23-24H,5-6,15-17H2,1H3/b14-11+. The minimum absolute atomic E-state index is 0.0774. The van der Waals surface area contributed by atoms with E-state index in [2.05, 4.69) is 0 Å². The van der Waals surface area contributed by atoms with Gasteiger partial charge in [-0.2, -0.15) is 8.42 Å². The molecule has 0 aromatic heterocycles. The predicted molar refractivity (Wildman–Crippen MR) is 113 cm³/mol. The number of benzene rings is 2. The summed E-state index contributed by atoms with van der Waals surface area (Å²) in [6, 6.07) is 15.8. The Balaban J connectivity index is 1.72. The summed E-state index contributed by atoms with van der Waals surface area (Å²) in [6.45, 7) is 0.571. The molecule has 0 saturated heterocycles. The lowest BCUT2D eigenvalue weighted by Gasteiger charge is -2.17. The molecular weight excluding hydrogens is 394 g/mol. The lowest BCUT2D eigenvalue weighted by molar-refractivity contribution is 0.192. The number of likely N-dealkylation sites (N-methyl/N-ethyl adjacent to an activating group) is 1. The molecule has 2 N–H and O–H groups in total. The van der Waals surface area contributed by atoms with Crippen LogP contribution >= 0.6 is 0 Å². The molecule has 1 atom stereocenters. The molecule has 0 heterocycles. The average Bonchev–Trinajstić information content (AvgIpc) is 2.70. The first kappa shape index (κ1) is 22.9. The number of anilines is 1. The molecule has 0 bridgehead atoms. The van der Waals surface area contributed by atoms with Gasteiger partial charge in [0, 0.05) is 19.3 Å². The summed E-state index contributed by atoms with van der Waals surface area (Å²) >= 11 is 0. The van der Waals surface area contributed by atoms with Crippen LogP contribution in [0.2, 0.25) is 0 Å². The van der Waals surface area contributed by atoms with Gasteiger partial charge in [-0.15, -0.1) is 0 Å². The second kappa shape index (κ2) is 11.6. The summed E-state index contributed by atoms with van der Waals surface area (Å²) in [5.74, 6) is 0.184. The third kappa shape index (κ3) is 8.66. The third-order valence-electron chi connectivity index (χ3n) is 4.09. The zero-order valence-corrected chi connectivity index (χ0v) is 17.2. The second-order valence-electron chi connectivity index (χ2n) is 6.43. The largest absolute Gasteiger partial charge is 0.449 e. The van der Waals surface area contributed by atoms with Crippen LogP contribution in [0.3, 0.4) is 0 Å². The van der Waals surface area contributed by atoms with E-state index in [0.717, 1.165) is 11.3 Å². The minimum atomic E-state index is -4.12. The molecule has 1 unspecified atom stereocenters. The van der Waals surface area contributed by atoms with Gasteiger partial charge in [-0.1, -0.05) is 42.5 Å². The number of rotatable bonds is 12. The summed E-state index contributed by atoms with van der Waals surface area (Å²) in [7, 11) is -2.22. The minimum Gasteiger partial charge on any atom is -0.395 e. The van der Waals surface area contributed by atoms with Crippen LogP contribution in [0.5, 0.6) is 5.75 Å². The first-order valence-electron chi connectivity index (χ1n) is 9.32. The normalized spacial score (nSPS) is 12.8. The Morgan fingerprint density at radius 2 is 1.79 bits per heavy atom. The quantitative estimate of drug-likeness (QED) is 0.509. The van der Waals surface area contributed by atoms with E-state index in [0.29, 0.717) is 19.4 Å². The number of hydrogen-bond donors (Lipinski definition) is 2. The van der Waals surface area contributed by atoms with E-state index >= 15 is 0 Å². The molecule has 7 nitrogen and oxygen atoms in total. The van der Waals surface area contributed by atoms with Gasteiger partial charge in [0.15, 0.2) is 0 Å². The molecule has 2 rings (SSSR count). The van der Waals surface area contributed by atoms with Crippen LogP contribution in [0.4, 0.5) is 5.69 Å². The highest BCUT2D eigenvalue weighted by atomic mass is 32.3. The zero-order valence-electron chi connectivity index (χ0n) is 16.3. The summed E-state index contributed by atoms with van der Waals surface area (Å²) in [4.78, 5) is 1.94. The van der Waals surface area contributed by atoms with Gasteiger partial charge in [0.2, 0.25) is 0 Å². The summed E-state index contributed by atoms with van der Waals surface area (Å²) < 4.78 is 33.1. The molecule has 29 heavy (non-hydrogen) atoms. The van der Waals surface area contributed by atoms with Gasteiger partial charge < -0.3 is 19.3 Å². The molecule has 0 amide bonds. The van der Waals surface area contributed by atoms with Crippen molar-refractivity contribution in [3.8, 4) is 5.75 Å². The van der Waals surface area contributed by atoms with Crippen molar-refractivity contribution in [1.82, 2.24) is 0 Å². The molecule has 0 fully saturated rings. The molecule has 0 aliphatic rings. The lowest BCUT2D eigenvalue weighted by atomic mass is 10.1. The molecule has 0 aliphatic carbocycles. The highest BCUT2D eigenvalue weighted by Crippen LogP contribution is 2.15. The number of hydrogen-bond acceptors (Lipinski definition) is 7. The van der Waals surface area contributed by atoms with E-state index in [1.807, 2.05) is 36.2 Å². The van der Waals surface area contributed by atoms with Gasteiger partial charge in [0.1, 0.15) is 5.75 Å². The van der Waals surface area contributed by atoms with E-state index in [1.54, 1.807) is 30.4 Å². The van der Waals surface area contributed by atoms with Gasteiger partial charge in [-0.3, -0.25) is 0 Å². The fourth-order valence-electron chi connectivity index (χ4n) is 2.51. The van der Waals surface area contributed by atoms with Gasteiger partial charge in [0.05, 0.1) is 19.3 Å². The Morgan fingerprint density at radius 1 is 1.10 bits per heavy atom. The third-order valence-corrected chi connectivity index (χ3v) is 4.95. The highest BCUT2D eigenvalue weighted by Gasteiger charge is 2.13. The van der Waals surface area contributed by atoms with Crippen molar-refractivity contribution >= 4 is 22.2 Å². The molecule has 0 radical (unpaired) electrons. The van der Waals surface area contributed by atoms with Crippen molar-refractivity contribution in [1.29, 1.82) is 0 Å². The van der Waals surface area contributed by atoms with Crippen LogP contribution in [0.25, 0.3) is 6.08 Å². The second-order valence-corrected chi connectivity index (χ2v) is 7.65. The van der Waals surface area contributed by atoms with Crippen molar-refractivity contribution < 1.29 is 27.0 Å². The van der Waals surface area contributed by atoms with Crippen LogP contribution in [0.1, 0.15) is 18.4 Å². The Labute approximate surface area is 172 Å². The monoisotopic (exact) mass is 421 g/mol. The number of aliphatic hydroxyl groups is 2. The van der Waals surface area contributed by atoms with Crippen molar-refractivity contribution in [2.75, 3.05) is 31.7 Å². The lowest BCUT2D eigenvalue weighted by Crippen LogP contribution is -2.20. The van der Waals surface area contributed by atoms with E-state index < -0.39 is 16.5 Å². The predicted octanol–water partition coefficient (Wildman–Crippen LogP) is 2.61.